The number of benzene rings is 1. The zero-order chi connectivity index (χ0) is 19.0. The molecule has 0 aliphatic carbocycles. The molecule has 1 amide bonds. The lowest BCUT2D eigenvalue weighted by molar-refractivity contribution is -0.134. The van der Waals surface area contributed by atoms with Crippen LogP contribution in [0.2, 0.25) is 0 Å². The zero-order valence-electron chi connectivity index (χ0n) is 15.5. The molecule has 0 saturated carbocycles. The summed E-state index contributed by atoms with van der Waals surface area (Å²) in [5.74, 6) is 1.16. The van der Waals surface area contributed by atoms with Crippen molar-refractivity contribution in [3.8, 4) is 11.5 Å². The van der Waals surface area contributed by atoms with Crippen molar-refractivity contribution in [3.05, 3.63) is 24.3 Å². The third-order valence-corrected chi connectivity index (χ3v) is 6.20. The Kier molecular flexibility index (Phi) is 7.71. The molecule has 2 rings (SSSR count). The molecule has 1 saturated heterocycles. The van der Waals surface area contributed by atoms with Gasteiger partial charge in [-0.2, -0.15) is 4.31 Å². The first-order valence-corrected chi connectivity index (χ1v) is 10.7. The number of nitrogens with zero attached hydrogens (tertiary/aromatic N) is 2. The average Bonchev–Trinajstić information content (AvgIpc) is 2.66. The van der Waals surface area contributed by atoms with E-state index in [4.69, 9.17) is 9.47 Å². The summed E-state index contributed by atoms with van der Waals surface area (Å²) in [4.78, 5) is 14.0. The van der Waals surface area contributed by atoms with Gasteiger partial charge in [0.15, 0.2) is 18.1 Å². The molecule has 0 atom stereocenters. The van der Waals surface area contributed by atoms with Gasteiger partial charge >= 0.3 is 0 Å². The van der Waals surface area contributed by atoms with Crippen LogP contribution in [0.15, 0.2) is 24.3 Å². The second-order valence-electron chi connectivity index (χ2n) is 6.12. The monoisotopic (exact) mass is 384 g/mol. The second kappa shape index (κ2) is 9.78. The minimum Gasteiger partial charge on any atom is -0.490 e. The Morgan fingerprint density at radius 3 is 2.23 bits per heavy atom. The molecule has 146 valence electrons. The van der Waals surface area contributed by atoms with Crippen molar-refractivity contribution in [2.24, 2.45) is 0 Å². The lowest BCUT2D eigenvalue weighted by Gasteiger charge is -2.34. The van der Waals surface area contributed by atoms with Crippen LogP contribution in [-0.2, 0) is 14.8 Å². The SMILES string of the molecule is CCCCS(=O)(=O)N1CCN(C(=O)COc2ccccc2OCC)CC1. The Hall–Kier alpha value is -1.80. The Balaban J connectivity index is 1.84. The fourth-order valence-corrected chi connectivity index (χ4v) is 4.38. The molecule has 0 aromatic heterocycles. The van der Waals surface area contributed by atoms with Crippen LogP contribution in [0.25, 0.3) is 0 Å². The first kappa shape index (κ1) is 20.5. The van der Waals surface area contributed by atoms with E-state index < -0.39 is 10.0 Å². The number of carbonyl (C=O) groups excluding carboxylic acids is 1. The van der Waals surface area contributed by atoms with Crippen LogP contribution in [0.4, 0.5) is 0 Å². The molecule has 1 aliphatic rings. The van der Waals surface area contributed by atoms with Crippen molar-refractivity contribution < 1.29 is 22.7 Å². The van der Waals surface area contributed by atoms with Crippen LogP contribution >= 0.6 is 0 Å². The summed E-state index contributed by atoms with van der Waals surface area (Å²) in [6.07, 6.45) is 1.51. The van der Waals surface area contributed by atoms with E-state index >= 15 is 0 Å². The molecule has 1 aliphatic heterocycles. The zero-order valence-corrected chi connectivity index (χ0v) is 16.3. The highest BCUT2D eigenvalue weighted by Gasteiger charge is 2.28. The first-order chi connectivity index (χ1) is 12.5. The lowest BCUT2D eigenvalue weighted by Crippen LogP contribution is -2.52. The van der Waals surface area contributed by atoms with Crippen molar-refractivity contribution in [2.45, 2.75) is 26.7 Å². The smallest absolute Gasteiger partial charge is 0.260 e. The van der Waals surface area contributed by atoms with Crippen molar-refractivity contribution in [2.75, 3.05) is 45.1 Å². The van der Waals surface area contributed by atoms with Gasteiger partial charge in [0.2, 0.25) is 10.0 Å². The van der Waals surface area contributed by atoms with Gasteiger partial charge in [-0.15, -0.1) is 0 Å². The van der Waals surface area contributed by atoms with Crippen molar-refractivity contribution in [1.82, 2.24) is 9.21 Å². The maximum Gasteiger partial charge on any atom is 0.260 e. The number of piperazine rings is 1. The van der Waals surface area contributed by atoms with Crippen LogP contribution in [0.5, 0.6) is 11.5 Å². The number of sulfonamides is 1. The summed E-state index contributed by atoms with van der Waals surface area (Å²) in [5.41, 5.74) is 0. The number of carbonyl (C=O) groups is 1. The maximum atomic E-state index is 12.4. The minimum absolute atomic E-state index is 0.0906. The Morgan fingerprint density at radius 1 is 1.04 bits per heavy atom. The third-order valence-electron chi connectivity index (χ3n) is 4.24. The summed E-state index contributed by atoms with van der Waals surface area (Å²) in [6, 6.07) is 7.22. The first-order valence-electron chi connectivity index (χ1n) is 9.08. The van der Waals surface area contributed by atoms with Crippen molar-refractivity contribution in [1.29, 1.82) is 0 Å². The number of ether oxygens (including phenoxy) is 2. The van der Waals surface area contributed by atoms with Crippen LogP contribution in [0.1, 0.15) is 26.7 Å². The van der Waals surface area contributed by atoms with Gasteiger partial charge in [-0.25, -0.2) is 8.42 Å². The molecule has 1 fully saturated rings. The van der Waals surface area contributed by atoms with E-state index in [-0.39, 0.29) is 18.3 Å². The van der Waals surface area contributed by atoms with E-state index in [1.807, 2.05) is 26.0 Å². The van der Waals surface area contributed by atoms with Gasteiger partial charge < -0.3 is 14.4 Å². The van der Waals surface area contributed by atoms with E-state index in [0.717, 1.165) is 6.42 Å². The molecule has 26 heavy (non-hydrogen) atoms. The molecule has 8 heteroatoms. The fourth-order valence-electron chi connectivity index (χ4n) is 2.75. The van der Waals surface area contributed by atoms with Crippen molar-refractivity contribution in [3.63, 3.8) is 0 Å². The van der Waals surface area contributed by atoms with Crippen LogP contribution in [-0.4, -0.2) is 68.7 Å². The minimum atomic E-state index is -3.21. The summed E-state index contributed by atoms with van der Waals surface area (Å²) < 4.78 is 37.0. The topological polar surface area (TPSA) is 76.2 Å². The van der Waals surface area contributed by atoms with Gasteiger partial charge in [0.05, 0.1) is 12.4 Å². The van der Waals surface area contributed by atoms with Gasteiger partial charge in [-0.1, -0.05) is 25.5 Å². The number of amides is 1. The summed E-state index contributed by atoms with van der Waals surface area (Å²) >= 11 is 0. The Morgan fingerprint density at radius 2 is 1.65 bits per heavy atom. The lowest BCUT2D eigenvalue weighted by atomic mass is 10.3. The molecular weight excluding hydrogens is 356 g/mol. The predicted octanol–water partition coefficient (Wildman–Crippen LogP) is 1.74. The molecule has 1 aromatic carbocycles. The van der Waals surface area contributed by atoms with Crippen LogP contribution in [0, 0.1) is 0 Å². The molecule has 7 nitrogen and oxygen atoms in total. The number of unbranched alkanes of at least 4 members (excludes halogenated alkanes) is 1. The van der Waals surface area contributed by atoms with Gasteiger partial charge in [0.1, 0.15) is 0 Å². The van der Waals surface area contributed by atoms with Crippen LogP contribution < -0.4 is 9.47 Å². The largest absolute Gasteiger partial charge is 0.490 e. The van der Waals surface area contributed by atoms with Gasteiger partial charge in [0.25, 0.3) is 5.91 Å². The molecule has 0 radical (unpaired) electrons. The highest BCUT2D eigenvalue weighted by molar-refractivity contribution is 7.89. The molecule has 0 unspecified atom stereocenters. The highest BCUT2D eigenvalue weighted by atomic mass is 32.2. The molecule has 0 N–H and O–H groups in total. The number of rotatable bonds is 9. The highest BCUT2D eigenvalue weighted by Crippen LogP contribution is 2.26. The summed E-state index contributed by atoms with van der Waals surface area (Å²) in [6.45, 7) is 5.74. The molecule has 0 bridgehead atoms. The standard InChI is InChI=1S/C18H28N2O5S/c1-3-5-14-26(22,23)20-12-10-19(11-13-20)18(21)15-25-17-9-7-6-8-16(17)24-4-2/h6-9H,3-5,10-15H2,1-2H3. The third kappa shape index (κ3) is 5.60. The quantitative estimate of drug-likeness (QED) is 0.648. The van der Waals surface area contributed by atoms with Gasteiger partial charge in [-0.05, 0) is 25.5 Å². The number of hydrogen-bond donors (Lipinski definition) is 0. The molecular formula is C18H28N2O5S. The average molecular weight is 384 g/mol. The van der Waals surface area contributed by atoms with Crippen molar-refractivity contribution >= 4 is 15.9 Å². The maximum absolute atomic E-state index is 12.4. The van der Waals surface area contributed by atoms with E-state index in [1.165, 1.54) is 4.31 Å². The number of hydrogen-bond acceptors (Lipinski definition) is 5. The van der Waals surface area contributed by atoms with Gasteiger partial charge in [-0.3, -0.25) is 4.79 Å². The van der Waals surface area contributed by atoms with E-state index in [1.54, 1.807) is 17.0 Å². The fraction of sp³-hybridized carbons (Fsp3) is 0.611. The van der Waals surface area contributed by atoms with Crippen LogP contribution in [0.3, 0.4) is 0 Å². The second-order valence-corrected chi connectivity index (χ2v) is 8.21. The van der Waals surface area contributed by atoms with E-state index in [9.17, 15) is 13.2 Å². The van der Waals surface area contributed by atoms with E-state index in [2.05, 4.69) is 0 Å². The molecule has 1 aromatic rings. The molecule has 0 spiro atoms. The normalized spacial score (nSPS) is 15.7. The Labute approximate surface area is 155 Å². The number of para-hydroxylation sites is 2. The molecule has 1 heterocycles. The van der Waals surface area contributed by atoms with E-state index in [0.29, 0.717) is 50.7 Å². The van der Waals surface area contributed by atoms with Gasteiger partial charge in [0, 0.05) is 26.2 Å². The Bertz CT molecular complexity index is 685. The summed E-state index contributed by atoms with van der Waals surface area (Å²) in [7, 11) is -3.21. The predicted molar refractivity (Wildman–Crippen MR) is 100.0 cm³/mol. The summed E-state index contributed by atoms with van der Waals surface area (Å²) in [5, 5.41) is 0.